The largest absolute Gasteiger partial charge is 0.430 e. The monoisotopic (exact) mass is 220 g/mol. The first-order valence-corrected chi connectivity index (χ1v) is 4.99. The van der Waals surface area contributed by atoms with Gasteiger partial charge in [-0.05, 0) is 17.7 Å². The van der Waals surface area contributed by atoms with Crippen LogP contribution in [0.4, 0.5) is 0 Å². The van der Waals surface area contributed by atoms with Gasteiger partial charge in [0.25, 0.3) is 0 Å². The van der Waals surface area contributed by atoms with Crippen LogP contribution in [0.5, 0.6) is 0 Å². The van der Waals surface area contributed by atoms with E-state index in [1.165, 1.54) is 7.11 Å². The van der Waals surface area contributed by atoms with Gasteiger partial charge in [0.15, 0.2) is 0 Å². The predicted octanol–water partition coefficient (Wildman–Crippen LogP) is 2.87. The van der Waals surface area contributed by atoms with Crippen LogP contribution in [0.3, 0.4) is 0 Å². The van der Waals surface area contributed by atoms with E-state index >= 15 is 0 Å². The van der Waals surface area contributed by atoms with Gasteiger partial charge in [-0.15, -0.1) is 0 Å². The Bertz CT molecular complexity index is 394. The Kier molecular flexibility index (Phi) is 3.85. The summed E-state index contributed by atoms with van der Waals surface area (Å²) in [5.74, 6) is -1.32. The molecule has 1 rings (SSSR count). The first-order valence-electron chi connectivity index (χ1n) is 4.99. The van der Waals surface area contributed by atoms with Crippen LogP contribution in [0.1, 0.15) is 29.8 Å². The lowest BCUT2D eigenvalue weighted by atomic mass is 10.1. The maximum atomic E-state index is 11.8. The van der Waals surface area contributed by atoms with Crippen LogP contribution in [0, 0.1) is 0 Å². The zero-order chi connectivity index (χ0) is 12.2. The molecule has 0 saturated carbocycles. The van der Waals surface area contributed by atoms with E-state index in [9.17, 15) is 4.79 Å². The summed E-state index contributed by atoms with van der Waals surface area (Å²) in [6, 6.07) is 7.07. The van der Waals surface area contributed by atoms with Crippen molar-refractivity contribution in [2.24, 2.45) is 0 Å². The van der Waals surface area contributed by atoms with Crippen molar-refractivity contribution in [3.63, 3.8) is 0 Å². The van der Waals surface area contributed by atoms with E-state index in [-0.39, 0.29) is 0 Å². The van der Waals surface area contributed by atoms with Crippen molar-refractivity contribution in [3.8, 4) is 0 Å². The van der Waals surface area contributed by atoms with Crippen molar-refractivity contribution < 1.29 is 14.3 Å². The lowest BCUT2D eigenvalue weighted by Crippen LogP contribution is -2.30. The second-order valence-corrected chi connectivity index (χ2v) is 3.82. The van der Waals surface area contributed by atoms with Crippen molar-refractivity contribution in [1.29, 1.82) is 0 Å². The van der Waals surface area contributed by atoms with E-state index in [4.69, 9.17) is 9.47 Å². The molecule has 0 atom stereocenters. The minimum atomic E-state index is -0.915. The Hall–Kier alpha value is -1.61. The molecule has 0 aliphatic carbocycles. The molecule has 0 radical (unpaired) electrons. The summed E-state index contributed by atoms with van der Waals surface area (Å²) < 4.78 is 10.2. The van der Waals surface area contributed by atoms with Gasteiger partial charge in [0, 0.05) is 21.0 Å². The maximum absolute atomic E-state index is 11.8. The fraction of sp³-hybridized carbons (Fsp3) is 0.308. The number of hydrogen-bond donors (Lipinski definition) is 0. The molecule has 16 heavy (non-hydrogen) atoms. The van der Waals surface area contributed by atoms with Crippen molar-refractivity contribution in [2.75, 3.05) is 7.11 Å². The Morgan fingerprint density at radius 1 is 1.44 bits per heavy atom. The van der Waals surface area contributed by atoms with Gasteiger partial charge in [-0.3, -0.25) is 0 Å². The highest BCUT2D eigenvalue weighted by Gasteiger charge is 2.22. The molecule has 1 aromatic rings. The van der Waals surface area contributed by atoms with Gasteiger partial charge in [-0.25, -0.2) is 4.79 Å². The molecule has 0 heterocycles. The topological polar surface area (TPSA) is 35.5 Å². The average Bonchev–Trinajstić information content (AvgIpc) is 2.28. The van der Waals surface area contributed by atoms with Crippen LogP contribution >= 0.6 is 0 Å². The number of ether oxygens (including phenoxy) is 2. The van der Waals surface area contributed by atoms with Gasteiger partial charge < -0.3 is 9.47 Å². The molecule has 0 aliphatic heterocycles. The Labute approximate surface area is 95.7 Å². The standard InChI is InChI=1S/C13H16O3/c1-5-10-7-6-8-11(9-10)12(14)16-13(2,3)15-4/h5-9H,1H2,2-4H3. The van der Waals surface area contributed by atoms with E-state index in [0.717, 1.165) is 5.56 Å². The zero-order valence-electron chi connectivity index (χ0n) is 9.82. The van der Waals surface area contributed by atoms with Gasteiger partial charge in [0.1, 0.15) is 0 Å². The van der Waals surface area contributed by atoms with Gasteiger partial charge in [0.2, 0.25) is 5.79 Å². The molecular formula is C13H16O3. The Morgan fingerprint density at radius 2 is 2.12 bits per heavy atom. The summed E-state index contributed by atoms with van der Waals surface area (Å²) in [6.45, 7) is 7.01. The summed E-state index contributed by atoms with van der Waals surface area (Å²) in [5.41, 5.74) is 1.37. The van der Waals surface area contributed by atoms with Crippen LogP contribution < -0.4 is 0 Å². The second kappa shape index (κ2) is 4.94. The van der Waals surface area contributed by atoms with Crippen molar-refractivity contribution in [2.45, 2.75) is 19.6 Å². The van der Waals surface area contributed by atoms with Crippen LogP contribution in [0.15, 0.2) is 30.8 Å². The van der Waals surface area contributed by atoms with Gasteiger partial charge in [0.05, 0.1) is 5.56 Å². The third-order valence-corrected chi connectivity index (χ3v) is 2.19. The molecule has 3 heteroatoms. The first-order chi connectivity index (χ1) is 7.48. The second-order valence-electron chi connectivity index (χ2n) is 3.82. The van der Waals surface area contributed by atoms with E-state index in [0.29, 0.717) is 5.56 Å². The van der Waals surface area contributed by atoms with Crippen LogP contribution in [-0.4, -0.2) is 18.9 Å². The molecule has 1 aromatic carbocycles. The fourth-order valence-corrected chi connectivity index (χ4v) is 1.12. The summed E-state index contributed by atoms with van der Waals surface area (Å²) in [4.78, 5) is 11.8. The summed E-state index contributed by atoms with van der Waals surface area (Å²) >= 11 is 0. The smallest absolute Gasteiger partial charge is 0.340 e. The SMILES string of the molecule is C=Cc1cccc(C(=O)OC(C)(C)OC)c1. The molecule has 0 unspecified atom stereocenters. The molecule has 0 amide bonds. The minimum Gasteiger partial charge on any atom is -0.430 e. The summed E-state index contributed by atoms with van der Waals surface area (Å²) in [7, 11) is 1.49. The average molecular weight is 220 g/mol. The van der Waals surface area contributed by atoms with Crippen molar-refractivity contribution in [1.82, 2.24) is 0 Å². The van der Waals surface area contributed by atoms with Gasteiger partial charge in [-0.1, -0.05) is 24.8 Å². The number of rotatable bonds is 4. The molecule has 0 aromatic heterocycles. The summed E-state index contributed by atoms with van der Waals surface area (Å²) in [6.07, 6.45) is 1.68. The zero-order valence-corrected chi connectivity index (χ0v) is 9.82. The molecular weight excluding hydrogens is 204 g/mol. The van der Waals surface area contributed by atoms with Crippen molar-refractivity contribution >= 4 is 12.0 Å². The molecule has 0 N–H and O–H groups in total. The highest BCUT2D eigenvalue weighted by atomic mass is 16.7. The maximum Gasteiger partial charge on any atom is 0.340 e. The van der Waals surface area contributed by atoms with E-state index in [2.05, 4.69) is 6.58 Å². The Morgan fingerprint density at radius 3 is 2.69 bits per heavy atom. The lowest BCUT2D eigenvalue weighted by molar-refractivity contribution is -0.160. The summed E-state index contributed by atoms with van der Waals surface area (Å²) in [5, 5.41) is 0. The third-order valence-electron chi connectivity index (χ3n) is 2.19. The minimum absolute atomic E-state index is 0.407. The van der Waals surface area contributed by atoms with E-state index in [1.54, 1.807) is 38.1 Å². The highest BCUT2D eigenvalue weighted by Crippen LogP contribution is 2.14. The first kappa shape index (κ1) is 12.5. The number of methoxy groups -OCH3 is 1. The molecule has 0 aliphatic rings. The molecule has 3 nitrogen and oxygen atoms in total. The van der Waals surface area contributed by atoms with Crippen LogP contribution in [0.2, 0.25) is 0 Å². The number of carbonyl (C=O) groups is 1. The molecule has 0 fully saturated rings. The number of hydrogen-bond acceptors (Lipinski definition) is 3. The Balaban J connectivity index is 2.84. The van der Waals surface area contributed by atoms with E-state index < -0.39 is 11.8 Å². The number of esters is 1. The molecule has 0 bridgehead atoms. The highest BCUT2D eigenvalue weighted by molar-refractivity contribution is 5.90. The van der Waals surface area contributed by atoms with Crippen LogP contribution in [-0.2, 0) is 9.47 Å². The third kappa shape index (κ3) is 3.21. The quantitative estimate of drug-likeness (QED) is 0.578. The predicted molar refractivity (Wildman–Crippen MR) is 63.0 cm³/mol. The van der Waals surface area contributed by atoms with Crippen LogP contribution in [0.25, 0.3) is 6.08 Å². The lowest BCUT2D eigenvalue weighted by Gasteiger charge is -2.23. The van der Waals surface area contributed by atoms with E-state index in [1.807, 2.05) is 6.07 Å². The molecule has 0 spiro atoms. The normalized spacial score (nSPS) is 10.9. The van der Waals surface area contributed by atoms with Gasteiger partial charge in [-0.2, -0.15) is 0 Å². The number of carbonyl (C=O) groups excluding carboxylic acids is 1. The molecule has 86 valence electrons. The number of benzene rings is 1. The molecule has 0 saturated heterocycles. The van der Waals surface area contributed by atoms with Gasteiger partial charge >= 0.3 is 5.97 Å². The van der Waals surface area contributed by atoms with Crippen molar-refractivity contribution in [3.05, 3.63) is 42.0 Å². The fourth-order valence-electron chi connectivity index (χ4n) is 1.12.